The van der Waals surface area contributed by atoms with E-state index in [1.165, 1.54) is 0 Å². The summed E-state index contributed by atoms with van der Waals surface area (Å²) in [6, 6.07) is 0. The molecule has 1 aliphatic rings. The zero-order valence-electron chi connectivity index (χ0n) is 9.87. The van der Waals surface area contributed by atoms with Crippen molar-refractivity contribution in [1.29, 1.82) is 0 Å². The zero-order chi connectivity index (χ0) is 11.1. The fourth-order valence-electron chi connectivity index (χ4n) is 1.28. The summed E-state index contributed by atoms with van der Waals surface area (Å²) in [6.45, 7) is 13.0. The van der Waals surface area contributed by atoms with Crippen molar-refractivity contribution in [3.05, 3.63) is 12.4 Å². The highest BCUT2D eigenvalue weighted by Gasteiger charge is 2.37. The lowest BCUT2D eigenvalue weighted by molar-refractivity contribution is 0.318. The van der Waals surface area contributed by atoms with Crippen LogP contribution in [0.1, 0.15) is 41.5 Å². The molecule has 0 atom stereocenters. The van der Waals surface area contributed by atoms with Gasteiger partial charge in [-0.2, -0.15) is 0 Å². The molecule has 1 heterocycles. The van der Waals surface area contributed by atoms with Crippen molar-refractivity contribution in [2.45, 2.75) is 52.6 Å². The highest BCUT2D eigenvalue weighted by molar-refractivity contribution is 9.38. The van der Waals surface area contributed by atoms with Crippen molar-refractivity contribution < 1.29 is 0 Å². The monoisotopic (exact) mass is 278 g/mol. The molecule has 0 bridgehead atoms. The molecule has 82 valence electrons. The lowest BCUT2D eigenvalue weighted by Gasteiger charge is -2.41. The fraction of sp³-hybridized carbons (Fsp3) is 0.800. The van der Waals surface area contributed by atoms with E-state index in [0.29, 0.717) is 0 Å². The van der Waals surface area contributed by atoms with Gasteiger partial charge >= 0.3 is 0 Å². The largest absolute Gasteiger partial charge is 0.325 e. The van der Waals surface area contributed by atoms with Gasteiger partial charge in [0.25, 0.3) is 0 Å². The van der Waals surface area contributed by atoms with Gasteiger partial charge in [0.1, 0.15) is 0 Å². The average molecular weight is 279 g/mol. The topological polar surface area (TPSA) is 6.48 Å². The zero-order valence-corrected chi connectivity index (χ0v) is 12.4. The molecule has 1 aliphatic heterocycles. The lowest BCUT2D eigenvalue weighted by Crippen LogP contribution is -2.36. The Hall–Kier alpha value is 0.250. The molecule has 0 aliphatic carbocycles. The van der Waals surface area contributed by atoms with Crippen LogP contribution in [-0.4, -0.2) is 20.4 Å². The van der Waals surface area contributed by atoms with Crippen LogP contribution in [0.25, 0.3) is 0 Å². The molecule has 0 saturated carbocycles. The molecule has 0 N–H and O–H groups in total. The second-order valence-corrected chi connectivity index (χ2v) is 8.82. The third-order valence-corrected chi connectivity index (χ3v) is 6.31. The first kappa shape index (κ1) is 12.3. The number of hydrogen-bond donors (Lipinski definition) is 0. The molecule has 0 aromatic heterocycles. The number of hydrogen-bond acceptors (Lipinski definition) is 2. The first-order valence-electron chi connectivity index (χ1n) is 4.87. The van der Waals surface area contributed by atoms with Crippen LogP contribution in [-0.2, 0) is 0 Å². The SMILES string of the molecule is CC(C)(C)N1C=CN(C(C)(C)C)P1Br. The minimum absolute atomic E-state index is 0.186. The Balaban J connectivity index is 2.81. The standard InChI is InChI=1S/C10H20BrN2P/c1-9(2,3)12-7-8-13(14(12)11)10(4,5)6/h7-8H,1-6H3. The summed E-state index contributed by atoms with van der Waals surface area (Å²) in [4.78, 5) is 0. The van der Waals surface area contributed by atoms with E-state index in [1.807, 2.05) is 0 Å². The average Bonchev–Trinajstić information content (AvgIpc) is 2.26. The van der Waals surface area contributed by atoms with Crippen LogP contribution in [0.5, 0.6) is 0 Å². The quantitative estimate of drug-likeness (QED) is 0.610. The Morgan fingerprint density at radius 1 is 0.857 bits per heavy atom. The number of halogens is 1. The van der Waals surface area contributed by atoms with Crippen molar-refractivity contribution in [2.24, 2.45) is 0 Å². The molecule has 0 aromatic rings. The molecule has 0 unspecified atom stereocenters. The molecule has 0 saturated heterocycles. The van der Waals surface area contributed by atoms with Gasteiger partial charge in [-0.1, -0.05) is 0 Å². The maximum atomic E-state index is 3.80. The highest BCUT2D eigenvalue weighted by Crippen LogP contribution is 2.61. The van der Waals surface area contributed by atoms with Gasteiger partial charge in [-0.25, -0.2) is 0 Å². The van der Waals surface area contributed by atoms with Crippen LogP contribution in [0.15, 0.2) is 12.4 Å². The highest BCUT2D eigenvalue weighted by atomic mass is 79.9. The van der Waals surface area contributed by atoms with E-state index in [4.69, 9.17) is 0 Å². The molecule has 0 radical (unpaired) electrons. The third kappa shape index (κ3) is 2.43. The van der Waals surface area contributed by atoms with Crippen LogP contribution in [0.4, 0.5) is 0 Å². The van der Waals surface area contributed by atoms with E-state index in [-0.39, 0.29) is 11.1 Å². The minimum atomic E-state index is -0.400. The smallest absolute Gasteiger partial charge is 0.169 e. The number of nitrogens with zero attached hydrogens (tertiary/aromatic N) is 2. The van der Waals surface area contributed by atoms with Gasteiger partial charge in [0.2, 0.25) is 0 Å². The first-order chi connectivity index (χ1) is 6.14. The molecule has 1 rings (SSSR count). The van der Waals surface area contributed by atoms with Crippen LogP contribution >= 0.6 is 22.4 Å². The van der Waals surface area contributed by atoms with Gasteiger partial charge in [0.05, 0.1) is 0 Å². The van der Waals surface area contributed by atoms with Crippen molar-refractivity contribution >= 4 is 22.4 Å². The predicted molar refractivity (Wildman–Crippen MR) is 68.2 cm³/mol. The lowest BCUT2D eigenvalue weighted by atomic mass is 10.1. The van der Waals surface area contributed by atoms with Crippen molar-refractivity contribution in [2.75, 3.05) is 0 Å². The van der Waals surface area contributed by atoms with Gasteiger partial charge < -0.3 is 9.34 Å². The van der Waals surface area contributed by atoms with Crippen molar-refractivity contribution in [1.82, 2.24) is 9.34 Å². The van der Waals surface area contributed by atoms with Crippen molar-refractivity contribution in [3.63, 3.8) is 0 Å². The summed E-state index contributed by atoms with van der Waals surface area (Å²) >= 11 is 3.80. The normalized spacial score (nSPS) is 19.6. The maximum absolute atomic E-state index is 3.80. The van der Waals surface area contributed by atoms with E-state index in [0.717, 1.165) is 0 Å². The Morgan fingerprint density at radius 2 is 1.14 bits per heavy atom. The van der Waals surface area contributed by atoms with Gasteiger partial charge in [-0.3, -0.25) is 0 Å². The van der Waals surface area contributed by atoms with Gasteiger partial charge in [0.15, 0.2) is 6.93 Å². The fourth-order valence-corrected chi connectivity index (χ4v) is 6.31. The Labute approximate surface area is 96.9 Å². The van der Waals surface area contributed by atoms with Crippen LogP contribution in [0, 0.1) is 0 Å². The first-order valence-corrected chi connectivity index (χ1v) is 8.13. The summed E-state index contributed by atoms with van der Waals surface area (Å²) in [5.74, 6) is 0. The van der Waals surface area contributed by atoms with Crippen LogP contribution in [0.2, 0.25) is 0 Å². The summed E-state index contributed by atoms with van der Waals surface area (Å²) in [7, 11) is 0. The van der Waals surface area contributed by atoms with Gasteiger partial charge in [-0.15, -0.1) is 0 Å². The van der Waals surface area contributed by atoms with Gasteiger partial charge in [-0.05, 0) is 57.0 Å². The molecule has 0 aromatic carbocycles. The number of rotatable bonds is 0. The second-order valence-electron chi connectivity index (χ2n) is 5.57. The molecule has 0 spiro atoms. The van der Waals surface area contributed by atoms with E-state index in [2.05, 4.69) is 78.8 Å². The summed E-state index contributed by atoms with van der Waals surface area (Å²) in [5, 5.41) is 0. The summed E-state index contributed by atoms with van der Waals surface area (Å²) < 4.78 is 4.77. The Bertz CT molecular complexity index is 215. The maximum Gasteiger partial charge on any atom is 0.169 e. The predicted octanol–water partition coefficient (Wildman–Crippen LogP) is 4.29. The molecule has 0 amide bonds. The molecule has 0 fully saturated rings. The second kappa shape index (κ2) is 3.68. The Morgan fingerprint density at radius 3 is 1.29 bits per heavy atom. The van der Waals surface area contributed by atoms with Crippen molar-refractivity contribution in [3.8, 4) is 0 Å². The molecule has 14 heavy (non-hydrogen) atoms. The van der Waals surface area contributed by atoms with E-state index >= 15 is 0 Å². The summed E-state index contributed by atoms with van der Waals surface area (Å²) in [5.41, 5.74) is 0.372. The van der Waals surface area contributed by atoms with Gasteiger partial charge in [0, 0.05) is 23.5 Å². The molecule has 4 heteroatoms. The minimum Gasteiger partial charge on any atom is -0.325 e. The van der Waals surface area contributed by atoms with E-state index < -0.39 is 6.93 Å². The molecule has 2 nitrogen and oxygen atoms in total. The van der Waals surface area contributed by atoms with E-state index in [1.54, 1.807) is 0 Å². The van der Waals surface area contributed by atoms with E-state index in [9.17, 15) is 0 Å². The summed E-state index contributed by atoms with van der Waals surface area (Å²) in [6.07, 6.45) is 4.37. The Kier molecular flexibility index (Phi) is 3.24. The third-order valence-electron chi connectivity index (χ3n) is 2.08. The molecular weight excluding hydrogens is 259 g/mol. The molecular formula is C10H20BrN2P. The van der Waals surface area contributed by atoms with Crippen LogP contribution < -0.4 is 0 Å². The van der Waals surface area contributed by atoms with Crippen LogP contribution in [0.3, 0.4) is 0 Å².